The first-order valence-electron chi connectivity index (χ1n) is 10.1. The Hall–Kier alpha value is -2.73. The van der Waals surface area contributed by atoms with E-state index in [0.29, 0.717) is 16.1 Å². The smallest absolute Gasteiger partial charge is 0.325 e. The zero-order valence-electron chi connectivity index (χ0n) is 17.8. The minimum atomic E-state index is -0.534. The molecule has 1 aromatic carbocycles. The molecule has 0 saturated carbocycles. The second-order valence-corrected chi connectivity index (χ2v) is 9.51. The molecule has 12 heteroatoms. The summed E-state index contributed by atoms with van der Waals surface area (Å²) in [7, 11) is 1.25. The molecule has 2 aromatic rings. The lowest BCUT2D eigenvalue weighted by atomic mass is 9.99. The number of fused-ring (bicyclic) bond motifs is 1. The molecule has 0 N–H and O–H groups in total. The van der Waals surface area contributed by atoms with Crippen molar-refractivity contribution in [3.8, 4) is 0 Å². The maximum absolute atomic E-state index is 12.4. The van der Waals surface area contributed by atoms with Crippen LogP contribution in [0.4, 0.5) is 5.69 Å². The van der Waals surface area contributed by atoms with E-state index in [1.807, 2.05) is 4.90 Å². The molecule has 0 atom stereocenters. The van der Waals surface area contributed by atoms with Gasteiger partial charge in [0.2, 0.25) is 5.91 Å². The van der Waals surface area contributed by atoms with Gasteiger partial charge in [-0.25, -0.2) is 0 Å². The quantitative estimate of drug-likeness (QED) is 0.338. The van der Waals surface area contributed by atoms with Crippen molar-refractivity contribution in [2.24, 2.45) is 10.9 Å². The number of nitrogens with zero attached hydrogens (tertiary/aromatic N) is 4. The van der Waals surface area contributed by atoms with Gasteiger partial charge in [-0.3, -0.25) is 24.5 Å². The summed E-state index contributed by atoms with van der Waals surface area (Å²) < 4.78 is 6.74. The van der Waals surface area contributed by atoms with Crippen LogP contribution >= 0.6 is 23.1 Å². The van der Waals surface area contributed by atoms with E-state index in [4.69, 9.17) is 4.74 Å². The number of carbonyl (C=O) groups is 3. The maximum atomic E-state index is 12.4. The molecule has 3 rings (SSSR count). The van der Waals surface area contributed by atoms with E-state index in [9.17, 15) is 24.5 Å². The average Bonchev–Trinajstić information content (AvgIpc) is 3.09. The number of benzene rings is 1. The molecular weight excluding hydrogens is 456 g/mol. The van der Waals surface area contributed by atoms with Gasteiger partial charge in [0.1, 0.15) is 6.54 Å². The molecule has 10 nitrogen and oxygen atoms in total. The molecule has 2 heterocycles. The first-order valence-corrected chi connectivity index (χ1v) is 12.0. The third-order valence-corrected chi connectivity index (χ3v) is 7.14. The molecule has 0 radical (unpaired) electrons. The van der Waals surface area contributed by atoms with Crippen molar-refractivity contribution >= 4 is 56.8 Å². The van der Waals surface area contributed by atoms with Crippen LogP contribution in [0, 0.1) is 16.0 Å². The Kier molecular flexibility index (Phi) is 8.02. The predicted octanol–water partition coefficient (Wildman–Crippen LogP) is 2.20. The van der Waals surface area contributed by atoms with E-state index >= 15 is 0 Å². The molecule has 1 saturated heterocycles. The number of thiazole rings is 1. The Morgan fingerprint density at radius 2 is 2.00 bits per heavy atom. The number of esters is 1. The second-order valence-electron chi connectivity index (χ2n) is 7.52. The van der Waals surface area contributed by atoms with Gasteiger partial charge in [-0.15, -0.1) is 11.8 Å². The lowest BCUT2D eigenvalue weighted by Gasteiger charge is -2.30. The number of rotatable bonds is 7. The van der Waals surface area contributed by atoms with Gasteiger partial charge >= 0.3 is 5.97 Å². The van der Waals surface area contributed by atoms with Gasteiger partial charge in [-0.1, -0.05) is 18.3 Å². The van der Waals surface area contributed by atoms with Crippen LogP contribution in [-0.4, -0.2) is 63.9 Å². The summed E-state index contributed by atoms with van der Waals surface area (Å²) in [6.45, 7) is 3.50. The van der Waals surface area contributed by atoms with Crippen LogP contribution in [-0.2, 0) is 25.7 Å². The summed E-state index contributed by atoms with van der Waals surface area (Å²) in [4.78, 5) is 53.3. The molecule has 172 valence electrons. The van der Waals surface area contributed by atoms with Crippen LogP contribution in [0.5, 0.6) is 0 Å². The molecule has 0 unspecified atom stereocenters. The van der Waals surface area contributed by atoms with E-state index in [0.717, 1.165) is 37.3 Å². The standard InChI is InChI=1S/C20H24N4O6S2/c1-13-5-7-22(8-6-13)18(26)12-31-11-17(25)21-20-23(10-19(27)30-2)15-4-3-14(24(28)29)9-16(15)32-20/h3-4,9,13H,5-8,10-12H2,1-2H3. The topological polar surface area (TPSA) is 124 Å². The number of hydrogen-bond acceptors (Lipinski definition) is 8. The van der Waals surface area contributed by atoms with Gasteiger partial charge in [0.25, 0.3) is 11.6 Å². The Labute approximate surface area is 192 Å². The highest BCUT2D eigenvalue weighted by Crippen LogP contribution is 2.23. The molecule has 0 aliphatic carbocycles. The number of likely N-dealkylation sites (tertiary alicyclic amines) is 1. The van der Waals surface area contributed by atoms with Crippen LogP contribution in [0.25, 0.3) is 10.2 Å². The molecule has 0 bridgehead atoms. The highest BCUT2D eigenvalue weighted by atomic mass is 32.2. The Balaban J connectivity index is 1.73. The zero-order valence-corrected chi connectivity index (χ0v) is 19.4. The van der Waals surface area contributed by atoms with Gasteiger partial charge in [-0.05, 0) is 24.8 Å². The Bertz CT molecular complexity index is 1100. The van der Waals surface area contributed by atoms with Crippen LogP contribution in [0.1, 0.15) is 19.8 Å². The van der Waals surface area contributed by atoms with E-state index in [1.54, 1.807) is 0 Å². The van der Waals surface area contributed by atoms with Crippen LogP contribution in [0.2, 0.25) is 0 Å². The van der Waals surface area contributed by atoms with E-state index in [1.165, 1.54) is 41.6 Å². The monoisotopic (exact) mass is 480 g/mol. The average molecular weight is 481 g/mol. The number of non-ortho nitro benzene ring substituents is 1. The summed E-state index contributed by atoms with van der Waals surface area (Å²) in [5.74, 6) is -0.113. The largest absolute Gasteiger partial charge is 0.468 e. The van der Waals surface area contributed by atoms with Gasteiger partial charge in [0.15, 0.2) is 4.80 Å². The first-order chi connectivity index (χ1) is 15.3. The summed E-state index contributed by atoms with van der Waals surface area (Å²) >= 11 is 2.28. The molecule has 1 fully saturated rings. The van der Waals surface area contributed by atoms with Gasteiger partial charge in [0, 0.05) is 25.2 Å². The van der Waals surface area contributed by atoms with E-state index in [2.05, 4.69) is 11.9 Å². The van der Waals surface area contributed by atoms with Gasteiger partial charge < -0.3 is 14.2 Å². The van der Waals surface area contributed by atoms with Crippen molar-refractivity contribution in [3.63, 3.8) is 0 Å². The van der Waals surface area contributed by atoms with Crippen molar-refractivity contribution in [2.75, 3.05) is 31.7 Å². The molecule has 2 amide bonds. The number of nitro groups is 1. The summed E-state index contributed by atoms with van der Waals surface area (Å²) in [5.41, 5.74) is 0.447. The van der Waals surface area contributed by atoms with Crippen molar-refractivity contribution < 1.29 is 24.0 Å². The molecule has 32 heavy (non-hydrogen) atoms. The van der Waals surface area contributed by atoms with Crippen LogP contribution < -0.4 is 4.80 Å². The Morgan fingerprint density at radius 3 is 2.66 bits per heavy atom. The maximum Gasteiger partial charge on any atom is 0.325 e. The van der Waals surface area contributed by atoms with Crippen molar-refractivity contribution in [1.29, 1.82) is 0 Å². The number of methoxy groups -OCH3 is 1. The van der Waals surface area contributed by atoms with E-state index in [-0.39, 0.29) is 34.4 Å². The first kappa shape index (κ1) is 23.9. The lowest BCUT2D eigenvalue weighted by molar-refractivity contribution is -0.384. The van der Waals surface area contributed by atoms with Crippen molar-refractivity contribution in [1.82, 2.24) is 9.47 Å². The van der Waals surface area contributed by atoms with Gasteiger partial charge in [0.05, 0.1) is 33.8 Å². The number of hydrogen-bond donors (Lipinski definition) is 0. The number of amides is 2. The molecule has 1 aliphatic rings. The van der Waals surface area contributed by atoms with Crippen LogP contribution in [0.15, 0.2) is 23.2 Å². The highest BCUT2D eigenvalue weighted by molar-refractivity contribution is 8.00. The highest BCUT2D eigenvalue weighted by Gasteiger charge is 2.20. The summed E-state index contributed by atoms with van der Waals surface area (Å²) in [6.07, 6.45) is 1.99. The van der Waals surface area contributed by atoms with Crippen LogP contribution in [0.3, 0.4) is 0 Å². The van der Waals surface area contributed by atoms with Crippen molar-refractivity contribution in [2.45, 2.75) is 26.3 Å². The van der Waals surface area contributed by atoms with E-state index < -0.39 is 16.8 Å². The SMILES string of the molecule is COC(=O)Cn1c(=NC(=O)CSCC(=O)N2CCC(C)CC2)sc2cc([N+](=O)[O-])ccc21. The molecular formula is C20H24N4O6S2. The normalized spacial score (nSPS) is 15.2. The Morgan fingerprint density at radius 1 is 1.28 bits per heavy atom. The number of aromatic nitrogens is 1. The second kappa shape index (κ2) is 10.7. The van der Waals surface area contributed by atoms with Gasteiger partial charge in [-0.2, -0.15) is 4.99 Å². The number of thioether (sulfide) groups is 1. The predicted molar refractivity (Wildman–Crippen MR) is 121 cm³/mol. The minimum Gasteiger partial charge on any atom is -0.468 e. The number of nitro benzene ring substituents is 1. The third-order valence-electron chi connectivity index (χ3n) is 5.20. The molecule has 1 aliphatic heterocycles. The summed E-state index contributed by atoms with van der Waals surface area (Å²) in [5, 5.41) is 11.1. The fourth-order valence-corrected chi connectivity index (χ4v) is 5.10. The zero-order chi connectivity index (χ0) is 23.3. The lowest BCUT2D eigenvalue weighted by Crippen LogP contribution is -2.39. The number of ether oxygens (including phenoxy) is 1. The molecule has 1 aromatic heterocycles. The third kappa shape index (κ3) is 5.94. The fraction of sp³-hybridized carbons (Fsp3) is 0.500. The fourth-order valence-electron chi connectivity index (χ4n) is 3.32. The van der Waals surface area contributed by atoms with Crippen molar-refractivity contribution in [3.05, 3.63) is 33.1 Å². The number of piperidine rings is 1. The molecule has 0 spiro atoms. The minimum absolute atomic E-state index is 0.0165. The summed E-state index contributed by atoms with van der Waals surface area (Å²) in [6, 6.07) is 4.23. The number of carbonyl (C=O) groups excluding carboxylic acids is 3.